The maximum Gasteiger partial charge on any atom is 0.270 e. The van der Waals surface area contributed by atoms with Crippen LogP contribution in [0.5, 0.6) is 0 Å². The maximum absolute atomic E-state index is 13.4. The highest BCUT2D eigenvalue weighted by atomic mass is 32.2. The van der Waals surface area contributed by atoms with Gasteiger partial charge in [0, 0.05) is 31.9 Å². The molecule has 3 heterocycles. The zero-order valence-corrected chi connectivity index (χ0v) is 20.1. The molecule has 1 aromatic carbocycles. The lowest BCUT2D eigenvalue weighted by atomic mass is 9.90. The molecule has 2 aromatic rings. The monoisotopic (exact) mass is 457 g/mol. The van der Waals surface area contributed by atoms with Gasteiger partial charge in [-0.3, -0.25) is 4.79 Å². The minimum Gasteiger partial charge on any atom is -0.353 e. The minimum atomic E-state index is -3.60. The number of hydrogen-bond donors (Lipinski definition) is 1. The smallest absolute Gasteiger partial charge is 0.270 e. The number of aromatic amines is 1. The number of likely N-dealkylation sites (tertiary alicyclic amines) is 1. The van der Waals surface area contributed by atoms with Gasteiger partial charge in [-0.15, -0.1) is 0 Å². The number of carbonyl (C=O) groups excluding carboxylic acids is 1. The van der Waals surface area contributed by atoms with Gasteiger partial charge in [0.25, 0.3) is 5.91 Å². The van der Waals surface area contributed by atoms with Gasteiger partial charge < -0.3 is 9.88 Å². The van der Waals surface area contributed by atoms with E-state index in [2.05, 4.69) is 29.2 Å². The van der Waals surface area contributed by atoms with Gasteiger partial charge in [0.05, 0.1) is 0 Å². The Labute approximate surface area is 192 Å². The van der Waals surface area contributed by atoms with Gasteiger partial charge >= 0.3 is 0 Å². The van der Waals surface area contributed by atoms with Crippen LogP contribution in [0.3, 0.4) is 0 Å². The van der Waals surface area contributed by atoms with Crippen molar-refractivity contribution in [3.8, 4) is 0 Å². The van der Waals surface area contributed by atoms with Crippen molar-refractivity contribution in [1.82, 2.24) is 14.2 Å². The quantitative estimate of drug-likeness (QED) is 0.728. The topological polar surface area (TPSA) is 73.5 Å². The van der Waals surface area contributed by atoms with Crippen LogP contribution in [-0.4, -0.2) is 54.7 Å². The van der Waals surface area contributed by atoms with Crippen molar-refractivity contribution in [3.05, 3.63) is 52.8 Å². The van der Waals surface area contributed by atoms with Crippen molar-refractivity contribution in [2.45, 2.75) is 63.7 Å². The number of piperidine rings is 1. The van der Waals surface area contributed by atoms with E-state index in [1.165, 1.54) is 5.56 Å². The van der Waals surface area contributed by atoms with Gasteiger partial charge in [-0.25, -0.2) is 8.42 Å². The molecule has 0 spiro atoms. The number of benzene rings is 1. The molecule has 0 unspecified atom stereocenters. The third-order valence-corrected chi connectivity index (χ3v) is 9.19. The first-order chi connectivity index (χ1) is 15.4. The molecular weight excluding hydrogens is 422 g/mol. The Kier molecular flexibility index (Phi) is 7.05. The number of carbonyl (C=O) groups is 1. The highest BCUT2D eigenvalue weighted by Gasteiger charge is 2.33. The summed E-state index contributed by atoms with van der Waals surface area (Å²) >= 11 is 0. The molecule has 2 aliphatic heterocycles. The largest absolute Gasteiger partial charge is 0.353 e. The number of rotatable bonds is 5. The molecule has 2 saturated heterocycles. The summed E-state index contributed by atoms with van der Waals surface area (Å²) in [7, 11) is -3.60. The van der Waals surface area contributed by atoms with Crippen LogP contribution < -0.4 is 0 Å². The summed E-state index contributed by atoms with van der Waals surface area (Å²) in [5.74, 6) is 0.493. The van der Waals surface area contributed by atoms with Crippen LogP contribution >= 0.6 is 0 Å². The fourth-order valence-corrected chi connectivity index (χ4v) is 7.11. The van der Waals surface area contributed by atoms with Crippen LogP contribution in [0.2, 0.25) is 0 Å². The molecule has 7 heteroatoms. The molecule has 0 bridgehead atoms. The normalized spacial score (nSPS) is 19.1. The standard InChI is InChI=1S/C25H35N3O3S/c1-19-23(26-20(2)24(19)32(30,31)28-14-8-3-4-9-15-28)25(29)27-16-12-22(13-17-27)18-21-10-6-5-7-11-21/h5-7,10-11,22,26H,3-4,8-9,12-18H2,1-2H3. The molecule has 174 valence electrons. The zero-order valence-electron chi connectivity index (χ0n) is 19.3. The lowest BCUT2D eigenvalue weighted by Crippen LogP contribution is -2.39. The molecule has 2 aliphatic rings. The van der Waals surface area contributed by atoms with E-state index >= 15 is 0 Å². The number of aryl methyl sites for hydroxylation is 1. The number of nitrogens with zero attached hydrogens (tertiary/aromatic N) is 2. The summed E-state index contributed by atoms with van der Waals surface area (Å²) in [6, 6.07) is 10.5. The fraction of sp³-hybridized carbons (Fsp3) is 0.560. The predicted molar refractivity (Wildman–Crippen MR) is 126 cm³/mol. The van der Waals surface area contributed by atoms with Crippen LogP contribution in [0.25, 0.3) is 0 Å². The third kappa shape index (κ3) is 4.79. The van der Waals surface area contributed by atoms with Crippen molar-refractivity contribution in [2.75, 3.05) is 26.2 Å². The van der Waals surface area contributed by atoms with Gasteiger partial charge in [0.15, 0.2) is 0 Å². The van der Waals surface area contributed by atoms with Gasteiger partial charge in [0.2, 0.25) is 10.0 Å². The number of amides is 1. The van der Waals surface area contributed by atoms with Gasteiger partial charge in [-0.2, -0.15) is 4.31 Å². The van der Waals surface area contributed by atoms with E-state index in [9.17, 15) is 13.2 Å². The second-order valence-electron chi connectivity index (χ2n) is 9.32. The molecule has 0 saturated carbocycles. The van der Waals surface area contributed by atoms with E-state index in [-0.39, 0.29) is 5.91 Å². The zero-order chi connectivity index (χ0) is 22.7. The molecule has 1 N–H and O–H groups in total. The summed E-state index contributed by atoms with van der Waals surface area (Å²) in [5, 5.41) is 0. The van der Waals surface area contributed by atoms with E-state index in [0.29, 0.717) is 53.9 Å². The summed E-state index contributed by atoms with van der Waals surface area (Å²) in [6.45, 7) is 6.07. The second-order valence-corrected chi connectivity index (χ2v) is 11.2. The Morgan fingerprint density at radius 2 is 1.59 bits per heavy atom. The van der Waals surface area contributed by atoms with Crippen LogP contribution in [0.1, 0.15) is 65.8 Å². The van der Waals surface area contributed by atoms with E-state index in [1.807, 2.05) is 11.0 Å². The lowest BCUT2D eigenvalue weighted by Gasteiger charge is -2.32. The van der Waals surface area contributed by atoms with Crippen molar-refractivity contribution in [3.63, 3.8) is 0 Å². The Balaban J connectivity index is 1.46. The van der Waals surface area contributed by atoms with E-state index in [1.54, 1.807) is 18.2 Å². The molecule has 1 aromatic heterocycles. The van der Waals surface area contributed by atoms with Crippen LogP contribution in [0.15, 0.2) is 35.2 Å². The number of H-pyrrole nitrogens is 1. The van der Waals surface area contributed by atoms with Crippen molar-refractivity contribution in [1.29, 1.82) is 0 Å². The van der Waals surface area contributed by atoms with Gasteiger partial charge in [0.1, 0.15) is 10.6 Å². The third-order valence-electron chi connectivity index (χ3n) is 7.01. The van der Waals surface area contributed by atoms with Crippen molar-refractivity contribution in [2.24, 2.45) is 5.92 Å². The average molecular weight is 458 g/mol. The first kappa shape index (κ1) is 23.1. The Hall–Kier alpha value is -2.12. The van der Waals surface area contributed by atoms with Crippen LogP contribution in [0.4, 0.5) is 0 Å². The molecule has 2 fully saturated rings. The fourth-order valence-electron chi connectivity index (χ4n) is 5.19. The average Bonchev–Trinajstić information content (AvgIpc) is 2.96. The Morgan fingerprint density at radius 3 is 2.22 bits per heavy atom. The molecule has 4 rings (SSSR count). The van der Waals surface area contributed by atoms with E-state index < -0.39 is 10.0 Å². The molecule has 6 nitrogen and oxygen atoms in total. The van der Waals surface area contributed by atoms with Crippen molar-refractivity contribution >= 4 is 15.9 Å². The Morgan fingerprint density at radius 1 is 0.969 bits per heavy atom. The number of aromatic nitrogens is 1. The predicted octanol–water partition coefficient (Wildman–Crippen LogP) is 4.29. The molecular formula is C25H35N3O3S. The van der Waals surface area contributed by atoms with Crippen LogP contribution in [-0.2, 0) is 16.4 Å². The summed E-state index contributed by atoms with van der Waals surface area (Å²) in [4.78, 5) is 18.6. The molecule has 0 radical (unpaired) electrons. The minimum absolute atomic E-state index is 0.0823. The first-order valence-corrected chi connectivity index (χ1v) is 13.3. The van der Waals surface area contributed by atoms with Gasteiger partial charge in [-0.05, 0) is 63.0 Å². The molecule has 0 atom stereocenters. The highest BCUT2D eigenvalue weighted by Crippen LogP contribution is 2.30. The summed E-state index contributed by atoms with van der Waals surface area (Å²) < 4.78 is 28.4. The summed E-state index contributed by atoms with van der Waals surface area (Å²) in [6.07, 6.45) is 6.91. The number of sulfonamides is 1. The molecule has 0 aliphatic carbocycles. The SMILES string of the molecule is Cc1[nH]c(C(=O)N2CCC(Cc3ccccc3)CC2)c(C)c1S(=O)(=O)N1CCCCCC1. The number of hydrogen-bond acceptors (Lipinski definition) is 3. The van der Waals surface area contributed by atoms with E-state index in [0.717, 1.165) is 44.9 Å². The summed E-state index contributed by atoms with van der Waals surface area (Å²) in [5.41, 5.74) is 2.89. The Bertz CT molecular complexity index is 1030. The second kappa shape index (κ2) is 9.79. The highest BCUT2D eigenvalue weighted by molar-refractivity contribution is 7.89. The number of nitrogens with one attached hydrogen (secondary N) is 1. The lowest BCUT2D eigenvalue weighted by molar-refractivity contribution is 0.0684. The van der Waals surface area contributed by atoms with Crippen LogP contribution in [0, 0.1) is 19.8 Å². The van der Waals surface area contributed by atoms with Crippen molar-refractivity contribution < 1.29 is 13.2 Å². The molecule has 1 amide bonds. The van der Waals surface area contributed by atoms with E-state index in [4.69, 9.17) is 0 Å². The van der Waals surface area contributed by atoms with Gasteiger partial charge in [-0.1, -0.05) is 43.2 Å². The first-order valence-electron chi connectivity index (χ1n) is 11.9. The maximum atomic E-state index is 13.4. The molecule has 32 heavy (non-hydrogen) atoms.